The van der Waals surface area contributed by atoms with Crippen molar-refractivity contribution in [3.63, 3.8) is 0 Å². The highest BCUT2D eigenvalue weighted by Crippen LogP contribution is 2.38. The van der Waals surface area contributed by atoms with Crippen molar-refractivity contribution in [2.75, 3.05) is 6.54 Å². The van der Waals surface area contributed by atoms with Gasteiger partial charge in [0, 0.05) is 30.3 Å². The largest absolute Gasteiger partial charge is 0.350 e. The number of amides is 1. The van der Waals surface area contributed by atoms with Gasteiger partial charge in [0.1, 0.15) is 0 Å². The Hall–Kier alpha value is -0.710. The summed E-state index contributed by atoms with van der Waals surface area (Å²) in [7, 11) is 0. The van der Waals surface area contributed by atoms with E-state index >= 15 is 0 Å². The molecule has 1 unspecified atom stereocenters. The normalized spacial score (nSPS) is 32.4. The fourth-order valence-corrected chi connectivity index (χ4v) is 2.72. The molecule has 0 radical (unpaired) electrons. The number of hydrogen-bond acceptors (Lipinski definition) is 2. The Kier molecular flexibility index (Phi) is 3.16. The molecule has 18 heavy (non-hydrogen) atoms. The molecule has 1 heterocycles. The Morgan fingerprint density at radius 2 is 1.72 bits per heavy atom. The first-order valence-electron chi connectivity index (χ1n) is 6.57. The van der Waals surface area contributed by atoms with E-state index in [4.69, 9.17) is 0 Å². The van der Waals surface area contributed by atoms with Crippen molar-refractivity contribution >= 4 is 5.91 Å². The summed E-state index contributed by atoms with van der Waals surface area (Å²) in [5, 5.41) is 6.05. The molecule has 2 N–H and O–H groups in total. The summed E-state index contributed by atoms with van der Waals surface area (Å²) >= 11 is 0. The fourth-order valence-electron chi connectivity index (χ4n) is 2.72. The molecule has 1 amide bonds. The second kappa shape index (κ2) is 4.15. The van der Waals surface area contributed by atoms with Crippen LogP contribution in [0.4, 0.5) is 8.78 Å². The van der Waals surface area contributed by atoms with Gasteiger partial charge in [-0.3, -0.25) is 4.79 Å². The zero-order chi connectivity index (χ0) is 13.6. The molecule has 2 rings (SSSR count). The van der Waals surface area contributed by atoms with Crippen LogP contribution in [0.1, 0.15) is 46.5 Å². The van der Waals surface area contributed by atoms with Crippen molar-refractivity contribution in [3.05, 3.63) is 0 Å². The predicted molar refractivity (Wildman–Crippen MR) is 65.5 cm³/mol. The lowest BCUT2D eigenvalue weighted by Crippen LogP contribution is -2.68. The maximum absolute atomic E-state index is 13.1. The van der Waals surface area contributed by atoms with Crippen molar-refractivity contribution in [3.8, 4) is 0 Å². The third-order valence-electron chi connectivity index (χ3n) is 4.32. The van der Waals surface area contributed by atoms with Gasteiger partial charge >= 0.3 is 0 Å². The number of rotatable bonds is 2. The Morgan fingerprint density at radius 1 is 1.17 bits per heavy atom. The van der Waals surface area contributed by atoms with Crippen molar-refractivity contribution in [1.29, 1.82) is 0 Å². The molecule has 2 fully saturated rings. The van der Waals surface area contributed by atoms with Crippen molar-refractivity contribution in [1.82, 2.24) is 10.6 Å². The Labute approximate surface area is 107 Å². The smallest absolute Gasteiger partial charge is 0.248 e. The van der Waals surface area contributed by atoms with Crippen LogP contribution in [0.15, 0.2) is 0 Å². The highest BCUT2D eigenvalue weighted by molar-refractivity contribution is 5.84. The maximum atomic E-state index is 13.1. The van der Waals surface area contributed by atoms with E-state index in [-0.39, 0.29) is 30.2 Å². The minimum atomic E-state index is -2.56. The lowest BCUT2D eigenvalue weighted by atomic mass is 9.75. The van der Waals surface area contributed by atoms with Crippen molar-refractivity contribution in [2.45, 2.75) is 64.0 Å². The number of carbonyl (C=O) groups excluding carboxylic acids is 1. The molecular weight excluding hydrogens is 238 g/mol. The number of halogens is 2. The van der Waals surface area contributed by atoms with E-state index in [9.17, 15) is 13.6 Å². The first kappa shape index (κ1) is 13.7. The molecule has 0 aromatic carbocycles. The monoisotopic (exact) mass is 260 g/mol. The topological polar surface area (TPSA) is 41.1 Å². The highest BCUT2D eigenvalue weighted by Gasteiger charge is 2.46. The molecule has 1 atom stereocenters. The van der Waals surface area contributed by atoms with Crippen molar-refractivity contribution < 1.29 is 13.6 Å². The Bertz CT molecular complexity index is 345. The van der Waals surface area contributed by atoms with Gasteiger partial charge in [0.2, 0.25) is 11.8 Å². The zero-order valence-electron chi connectivity index (χ0n) is 11.3. The molecule has 2 aliphatic rings. The summed E-state index contributed by atoms with van der Waals surface area (Å²) in [5.41, 5.74) is -0.523. The standard InChI is InChI=1S/C13H22F2N2O/c1-11(2)8-16-9(11)10(18)17-12(3)4-6-13(14,15)7-5-12/h9,16H,4-8H2,1-3H3,(H,17,18). The number of carbonyl (C=O) groups is 1. The van der Waals surface area contributed by atoms with Crippen LogP contribution in [0.5, 0.6) is 0 Å². The van der Waals surface area contributed by atoms with Crippen LogP contribution >= 0.6 is 0 Å². The summed E-state index contributed by atoms with van der Waals surface area (Å²) in [6, 6.07) is -0.197. The van der Waals surface area contributed by atoms with E-state index in [2.05, 4.69) is 10.6 Å². The van der Waals surface area contributed by atoms with Crippen LogP contribution < -0.4 is 10.6 Å². The zero-order valence-corrected chi connectivity index (χ0v) is 11.3. The summed E-state index contributed by atoms with van der Waals surface area (Å²) in [4.78, 5) is 12.1. The number of alkyl halides is 2. The van der Waals surface area contributed by atoms with Gasteiger partial charge in [-0.2, -0.15) is 0 Å². The van der Waals surface area contributed by atoms with Crippen LogP contribution in [0.2, 0.25) is 0 Å². The van der Waals surface area contributed by atoms with Gasteiger partial charge in [0.05, 0.1) is 6.04 Å². The lowest BCUT2D eigenvalue weighted by molar-refractivity contribution is -0.133. The van der Waals surface area contributed by atoms with Crippen LogP contribution in [-0.2, 0) is 4.79 Å². The first-order chi connectivity index (χ1) is 8.14. The molecule has 3 nitrogen and oxygen atoms in total. The molecule has 1 aliphatic heterocycles. The summed E-state index contributed by atoms with van der Waals surface area (Å²) in [6.07, 6.45) is 0.425. The van der Waals surface area contributed by atoms with Crippen molar-refractivity contribution in [2.24, 2.45) is 5.41 Å². The summed E-state index contributed by atoms with van der Waals surface area (Å²) in [6.45, 7) is 6.75. The summed E-state index contributed by atoms with van der Waals surface area (Å²) in [5.74, 6) is -2.61. The lowest BCUT2D eigenvalue weighted by Gasteiger charge is -2.46. The fraction of sp³-hybridized carbons (Fsp3) is 0.923. The summed E-state index contributed by atoms with van der Waals surface area (Å²) < 4.78 is 26.2. The third kappa shape index (κ3) is 2.66. The molecule has 0 aromatic heterocycles. The van der Waals surface area contributed by atoms with Crippen LogP contribution in [0.25, 0.3) is 0 Å². The van der Waals surface area contributed by atoms with Gasteiger partial charge in [-0.25, -0.2) is 8.78 Å². The minimum Gasteiger partial charge on any atom is -0.350 e. The second-order valence-corrected chi connectivity index (χ2v) is 6.71. The van der Waals surface area contributed by atoms with Gasteiger partial charge in [-0.05, 0) is 19.8 Å². The Morgan fingerprint density at radius 3 is 2.11 bits per heavy atom. The van der Waals surface area contributed by atoms with E-state index in [0.717, 1.165) is 6.54 Å². The average molecular weight is 260 g/mol. The van der Waals surface area contributed by atoms with Crippen LogP contribution in [0.3, 0.4) is 0 Å². The first-order valence-corrected chi connectivity index (χ1v) is 6.57. The van der Waals surface area contributed by atoms with Gasteiger partial charge < -0.3 is 10.6 Å². The second-order valence-electron chi connectivity index (χ2n) is 6.71. The van der Waals surface area contributed by atoms with Crippen LogP contribution in [-0.4, -0.2) is 30.0 Å². The quantitative estimate of drug-likeness (QED) is 0.798. The number of hydrogen-bond donors (Lipinski definition) is 2. The molecule has 1 aliphatic carbocycles. The molecule has 0 bridgehead atoms. The van der Waals surface area contributed by atoms with E-state index in [1.54, 1.807) is 0 Å². The molecule has 1 saturated carbocycles. The molecular formula is C13H22F2N2O. The van der Waals surface area contributed by atoms with E-state index in [0.29, 0.717) is 12.8 Å². The average Bonchev–Trinajstić information content (AvgIpc) is 2.22. The van der Waals surface area contributed by atoms with Gasteiger partial charge in [0.25, 0.3) is 0 Å². The molecule has 0 aromatic rings. The third-order valence-corrected chi connectivity index (χ3v) is 4.32. The van der Waals surface area contributed by atoms with Gasteiger partial charge in [-0.15, -0.1) is 0 Å². The Balaban J connectivity index is 1.92. The number of nitrogens with one attached hydrogen (secondary N) is 2. The predicted octanol–water partition coefficient (Wildman–Crippen LogP) is 2.07. The van der Waals surface area contributed by atoms with Crippen LogP contribution in [0, 0.1) is 5.41 Å². The molecule has 104 valence electrons. The minimum absolute atomic E-state index is 0.0426. The highest BCUT2D eigenvalue weighted by atomic mass is 19.3. The van der Waals surface area contributed by atoms with E-state index < -0.39 is 11.5 Å². The maximum Gasteiger partial charge on any atom is 0.248 e. The molecule has 5 heteroatoms. The van der Waals surface area contributed by atoms with Gasteiger partial charge in [0.15, 0.2) is 0 Å². The van der Waals surface area contributed by atoms with E-state index in [1.807, 2.05) is 20.8 Å². The molecule has 0 spiro atoms. The molecule has 1 saturated heterocycles. The SMILES string of the molecule is CC1(NC(=O)C2NCC2(C)C)CCC(F)(F)CC1. The van der Waals surface area contributed by atoms with Gasteiger partial charge in [-0.1, -0.05) is 13.8 Å². The van der Waals surface area contributed by atoms with E-state index in [1.165, 1.54) is 0 Å².